The van der Waals surface area contributed by atoms with Crippen molar-refractivity contribution >= 4 is 17.4 Å². The second-order valence-electron chi connectivity index (χ2n) is 7.18. The molecule has 1 fully saturated rings. The molecule has 1 aliphatic rings. The van der Waals surface area contributed by atoms with Crippen LogP contribution < -0.4 is 5.32 Å². The van der Waals surface area contributed by atoms with Gasteiger partial charge in [0.15, 0.2) is 0 Å². The number of nitrogens with one attached hydrogen (secondary N) is 1. The molecule has 1 N–H and O–H groups in total. The van der Waals surface area contributed by atoms with Crippen LogP contribution in [0.2, 0.25) is 0 Å². The van der Waals surface area contributed by atoms with E-state index in [2.05, 4.69) is 5.32 Å². The summed E-state index contributed by atoms with van der Waals surface area (Å²) in [6.07, 6.45) is 0.298. The predicted octanol–water partition coefficient (Wildman–Crippen LogP) is 3.16. The van der Waals surface area contributed by atoms with Crippen molar-refractivity contribution in [1.29, 1.82) is 5.26 Å². The summed E-state index contributed by atoms with van der Waals surface area (Å²) in [4.78, 5) is 27.3. The Hall–Kier alpha value is -3.53. The van der Waals surface area contributed by atoms with E-state index in [0.717, 1.165) is 11.6 Å². The lowest BCUT2D eigenvalue weighted by atomic mass is 9.87. The maximum absolute atomic E-state index is 14.0. The lowest BCUT2D eigenvalue weighted by molar-refractivity contribution is -0.147. The Morgan fingerprint density at radius 3 is 2.48 bits per heavy atom. The van der Waals surface area contributed by atoms with E-state index in [4.69, 9.17) is 0 Å². The Morgan fingerprint density at radius 1 is 1.21 bits per heavy atom. The van der Waals surface area contributed by atoms with E-state index in [9.17, 15) is 23.6 Å². The van der Waals surface area contributed by atoms with Crippen LogP contribution in [-0.2, 0) is 16.0 Å². The molecule has 0 spiro atoms. The number of carbonyl (C=O) groups is 2. The Labute approximate surface area is 167 Å². The highest BCUT2D eigenvalue weighted by molar-refractivity contribution is 6.10. The Morgan fingerprint density at radius 2 is 1.86 bits per heavy atom. The van der Waals surface area contributed by atoms with Crippen molar-refractivity contribution in [2.75, 3.05) is 7.05 Å². The lowest BCUT2D eigenvalue weighted by Gasteiger charge is -2.42. The molecule has 29 heavy (non-hydrogen) atoms. The number of benzene rings is 2. The molecule has 1 aliphatic heterocycles. The van der Waals surface area contributed by atoms with E-state index in [-0.39, 0.29) is 16.8 Å². The van der Waals surface area contributed by atoms with Crippen LogP contribution in [0.25, 0.3) is 5.57 Å². The number of hydrogen-bond donors (Lipinski definition) is 1. The van der Waals surface area contributed by atoms with Gasteiger partial charge in [-0.15, -0.1) is 0 Å². The third kappa shape index (κ3) is 3.49. The van der Waals surface area contributed by atoms with Crippen LogP contribution in [-0.4, -0.2) is 29.3 Å². The number of nitrogens with zero attached hydrogens (tertiary/aromatic N) is 2. The Bertz CT molecular complexity index is 1070. The zero-order chi connectivity index (χ0) is 21.3. The highest BCUT2D eigenvalue weighted by Gasteiger charge is 2.46. The number of rotatable bonds is 3. The first-order valence-corrected chi connectivity index (χ1v) is 8.93. The number of allylic oxidation sites excluding steroid dienone is 1. The van der Waals surface area contributed by atoms with Gasteiger partial charge in [0.05, 0.1) is 5.56 Å². The summed E-state index contributed by atoms with van der Waals surface area (Å²) in [5.41, 5.74) is -0.718. The fourth-order valence-electron chi connectivity index (χ4n) is 3.41. The molecule has 2 aromatic carbocycles. The van der Waals surface area contributed by atoms with Gasteiger partial charge in [0, 0.05) is 25.1 Å². The van der Waals surface area contributed by atoms with Crippen LogP contribution in [0, 0.1) is 23.0 Å². The molecule has 5 nitrogen and oxygen atoms in total. The van der Waals surface area contributed by atoms with Gasteiger partial charge in [0.2, 0.25) is 0 Å². The fourth-order valence-corrected chi connectivity index (χ4v) is 3.41. The third-order valence-electron chi connectivity index (χ3n) is 5.32. The van der Waals surface area contributed by atoms with E-state index in [1.807, 2.05) is 30.3 Å². The molecule has 1 unspecified atom stereocenters. The summed E-state index contributed by atoms with van der Waals surface area (Å²) in [5, 5.41) is 11.8. The molecule has 7 heteroatoms. The van der Waals surface area contributed by atoms with Crippen molar-refractivity contribution in [3.8, 4) is 6.07 Å². The molecule has 0 saturated carbocycles. The number of hydrogen-bond acceptors (Lipinski definition) is 3. The molecule has 2 amide bonds. The van der Waals surface area contributed by atoms with Gasteiger partial charge in [-0.05, 0) is 31.1 Å². The molecule has 1 saturated heterocycles. The van der Waals surface area contributed by atoms with Gasteiger partial charge in [-0.1, -0.05) is 30.3 Å². The lowest BCUT2D eigenvalue weighted by Crippen LogP contribution is -2.64. The third-order valence-corrected chi connectivity index (χ3v) is 5.32. The predicted molar refractivity (Wildman–Crippen MR) is 103 cm³/mol. The minimum Gasteiger partial charge on any atom is -0.326 e. The minimum absolute atomic E-state index is 0.0753. The summed E-state index contributed by atoms with van der Waals surface area (Å²) < 4.78 is 27.7. The van der Waals surface area contributed by atoms with Gasteiger partial charge in [-0.2, -0.15) is 5.26 Å². The second kappa shape index (κ2) is 7.47. The van der Waals surface area contributed by atoms with Crippen LogP contribution in [0.1, 0.15) is 30.5 Å². The van der Waals surface area contributed by atoms with E-state index in [1.54, 1.807) is 13.0 Å². The number of nitriles is 1. The molecule has 1 heterocycles. The van der Waals surface area contributed by atoms with Crippen molar-refractivity contribution in [3.05, 3.63) is 76.5 Å². The maximum Gasteiger partial charge on any atom is 0.271 e. The highest BCUT2D eigenvalue weighted by atomic mass is 19.1. The van der Waals surface area contributed by atoms with Crippen molar-refractivity contribution in [1.82, 2.24) is 10.2 Å². The number of piperazine rings is 1. The van der Waals surface area contributed by atoms with Crippen LogP contribution in [0.15, 0.2) is 48.2 Å². The summed E-state index contributed by atoms with van der Waals surface area (Å²) in [6.45, 7) is 3.10. The molecule has 148 valence electrons. The topological polar surface area (TPSA) is 73.2 Å². The first kappa shape index (κ1) is 20.2. The summed E-state index contributed by atoms with van der Waals surface area (Å²) in [6, 6.07) is 12.5. The number of likely N-dealkylation sites (N-methyl/N-ethyl adjacent to an activating group) is 1. The second-order valence-corrected chi connectivity index (χ2v) is 7.18. The molecule has 0 radical (unpaired) electrons. The molecule has 0 bridgehead atoms. The first-order valence-electron chi connectivity index (χ1n) is 8.93. The largest absolute Gasteiger partial charge is 0.326 e. The Balaban J connectivity index is 2.04. The van der Waals surface area contributed by atoms with Gasteiger partial charge in [-0.25, -0.2) is 8.78 Å². The van der Waals surface area contributed by atoms with E-state index in [0.29, 0.717) is 12.5 Å². The van der Waals surface area contributed by atoms with Crippen LogP contribution in [0.3, 0.4) is 0 Å². The molecule has 2 aromatic rings. The normalized spacial score (nSPS) is 20.9. The first-order chi connectivity index (χ1) is 13.7. The number of amides is 2. The zero-order valence-corrected chi connectivity index (χ0v) is 16.2. The summed E-state index contributed by atoms with van der Waals surface area (Å²) in [5.74, 6) is -2.84. The fraction of sp³-hybridized carbons (Fsp3) is 0.227. The van der Waals surface area contributed by atoms with Crippen molar-refractivity contribution in [2.45, 2.75) is 25.8 Å². The molecule has 1 atom stereocenters. The number of carbonyl (C=O) groups excluding carboxylic acids is 2. The minimum atomic E-state index is -1.15. The monoisotopic (exact) mass is 395 g/mol. The zero-order valence-electron chi connectivity index (χ0n) is 16.2. The van der Waals surface area contributed by atoms with Gasteiger partial charge >= 0.3 is 0 Å². The molecular weight excluding hydrogens is 376 g/mol. The van der Waals surface area contributed by atoms with Crippen LogP contribution in [0.5, 0.6) is 0 Å². The van der Waals surface area contributed by atoms with Gasteiger partial charge < -0.3 is 10.2 Å². The molecule has 0 aromatic heterocycles. The molecule has 3 rings (SSSR count). The quantitative estimate of drug-likeness (QED) is 0.812. The molecule has 0 aliphatic carbocycles. The van der Waals surface area contributed by atoms with Crippen molar-refractivity contribution in [2.24, 2.45) is 0 Å². The van der Waals surface area contributed by atoms with E-state index >= 15 is 0 Å². The van der Waals surface area contributed by atoms with Crippen LogP contribution >= 0.6 is 0 Å². The van der Waals surface area contributed by atoms with E-state index < -0.39 is 34.6 Å². The average molecular weight is 395 g/mol. The highest BCUT2D eigenvalue weighted by Crippen LogP contribution is 2.31. The van der Waals surface area contributed by atoms with Crippen molar-refractivity contribution in [3.63, 3.8) is 0 Å². The Kier molecular flexibility index (Phi) is 5.21. The van der Waals surface area contributed by atoms with Crippen molar-refractivity contribution < 1.29 is 18.4 Å². The van der Waals surface area contributed by atoms with Crippen LogP contribution in [0.4, 0.5) is 8.78 Å². The average Bonchev–Trinajstić information content (AvgIpc) is 2.69. The standard InChI is InChI=1S/C22H19F2N3O2/c1-13(16-9-15(23)10-18(24)17(16)12-25)19-20(28)27(3)22(2,21(29)26-19)11-14-7-5-4-6-8-14/h4-10H,11H2,1-3H3,(H,26,29). The number of halogens is 2. The maximum atomic E-state index is 14.0. The summed E-state index contributed by atoms with van der Waals surface area (Å²) >= 11 is 0. The van der Waals surface area contributed by atoms with Gasteiger partial charge in [0.1, 0.15) is 28.9 Å². The van der Waals surface area contributed by atoms with Gasteiger partial charge in [0.25, 0.3) is 11.8 Å². The SMILES string of the molecule is CC(=C1NC(=O)C(C)(Cc2ccccc2)N(C)C1=O)c1cc(F)cc(F)c1C#N. The summed E-state index contributed by atoms with van der Waals surface area (Å²) in [7, 11) is 1.51. The van der Waals surface area contributed by atoms with E-state index in [1.165, 1.54) is 18.9 Å². The molecular formula is C22H19F2N3O2. The smallest absolute Gasteiger partial charge is 0.271 e. The van der Waals surface area contributed by atoms with Gasteiger partial charge in [-0.3, -0.25) is 9.59 Å².